The molecule has 1 unspecified atom stereocenters. The first-order valence-corrected chi connectivity index (χ1v) is 6.27. The number of carbonyl (C=O) groups is 2. The number of thiophene rings is 1. The van der Waals surface area contributed by atoms with Gasteiger partial charge < -0.3 is 15.3 Å². The van der Waals surface area contributed by atoms with Gasteiger partial charge in [-0.1, -0.05) is 5.16 Å². The molecule has 2 rings (SSSR count). The van der Waals surface area contributed by atoms with Crippen molar-refractivity contribution in [2.24, 2.45) is 5.16 Å². The standard InChI is InChI=1S/C11H12N2O4S/c1-6-4-18-5-7(6)3-12-10(14)9-2-8(11(15)16)13-17-9/h4-5,9H,2-3H2,1H3,(H,12,14)(H,15,16). The number of nitrogens with zero attached hydrogens (tertiary/aromatic N) is 1. The third kappa shape index (κ3) is 2.67. The van der Waals surface area contributed by atoms with Gasteiger partial charge in [0, 0.05) is 13.0 Å². The number of oxime groups is 1. The summed E-state index contributed by atoms with van der Waals surface area (Å²) in [4.78, 5) is 27.1. The minimum absolute atomic E-state index is 0.00376. The summed E-state index contributed by atoms with van der Waals surface area (Å²) in [5, 5.41) is 18.7. The van der Waals surface area contributed by atoms with Crippen molar-refractivity contribution in [2.75, 3.05) is 0 Å². The van der Waals surface area contributed by atoms with E-state index in [1.54, 1.807) is 11.3 Å². The van der Waals surface area contributed by atoms with E-state index in [0.717, 1.165) is 11.1 Å². The topological polar surface area (TPSA) is 88.0 Å². The molecule has 1 aliphatic rings. The third-order valence-corrected chi connectivity index (χ3v) is 3.53. The molecule has 0 saturated carbocycles. The Morgan fingerprint density at radius 1 is 1.61 bits per heavy atom. The fourth-order valence-corrected chi connectivity index (χ4v) is 2.37. The van der Waals surface area contributed by atoms with Crippen molar-refractivity contribution in [3.8, 4) is 0 Å². The van der Waals surface area contributed by atoms with E-state index in [1.807, 2.05) is 17.7 Å². The van der Waals surface area contributed by atoms with Gasteiger partial charge in [0.25, 0.3) is 5.91 Å². The molecule has 2 heterocycles. The van der Waals surface area contributed by atoms with Crippen LogP contribution in [0.1, 0.15) is 17.5 Å². The number of amides is 1. The van der Waals surface area contributed by atoms with Gasteiger partial charge in [0.2, 0.25) is 6.10 Å². The van der Waals surface area contributed by atoms with Crippen molar-refractivity contribution >= 4 is 28.9 Å². The number of aryl methyl sites for hydroxylation is 1. The number of nitrogens with one attached hydrogen (secondary N) is 1. The molecule has 7 heteroatoms. The molecule has 0 aliphatic carbocycles. The summed E-state index contributed by atoms with van der Waals surface area (Å²) in [6.45, 7) is 2.38. The van der Waals surface area contributed by atoms with E-state index < -0.39 is 12.1 Å². The van der Waals surface area contributed by atoms with Crippen LogP contribution in [0.25, 0.3) is 0 Å². The number of rotatable bonds is 4. The van der Waals surface area contributed by atoms with Crippen molar-refractivity contribution in [2.45, 2.75) is 26.0 Å². The summed E-state index contributed by atoms with van der Waals surface area (Å²) < 4.78 is 0. The normalized spacial score (nSPS) is 18.1. The van der Waals surface area contributed by atoms with Crippen LogP contribution in [0.4, 0.5) is 0 Å². The molecular formula is C11H12N2O4S. The van der Waals surface area contributed by atoms with Crippen molar-refractivity contribution in [3.05, 3.63) is 21.9 Å². The predicted molar refractivity (Wildman–Crippen MR) is 65.5 cm³/mol. The first-order chi connectivity index (χ1) is 8.58. The first kappa shape index (κ1) is 12.6. The zero-order chi connectivity index (χ0) is 13.1. The number of carboxylic acids is 1. The molecule has 2 N–H and O–H groups in total. The minimum Gasteiger partial charge on any atom is -0.477 e. The average molecular weight is 268 g/mol. The van der Waals surface area contributed by atoms with E-state index in [1.165, 1.54) is 0 Å². The van der Waals surface area contributed by atoms with Gasteiger partial charge in [-0.2, -0.15) is 11.3 Å². The molecule has 18 heavy (non-hydrogen) atoms. The molecule has 0 bridgehead atoms. The van der Waals surface area contributed by atoms with Gasteiger partial charge in [0.15, 0.2) is 5.71 Å². The highest BCUT2D eigenvalue weighted by molar-refractivity contribution is 7.08. The lowest BCUT2D eigenvalue weighted by atomic mass is 10.1. The summed E-state index contributed by atoms with van der Waals surface area (Å²) in [6.07, 6.45) is -0.834. The number of aliphatic carboxylic acids is 1. The molecule has 6 nitrogen and oxygen atoms in total. The Bertz CT molecular complexity index is 509. The van der Waals surface area contributed by atoms with Crippen LogP contribution in [-0.2, 0) is 21.0 Å². The number of hydrogen-bond donors (Lipinski definition) is 2. The van der Waals surface area contributed by atoms with E-state index in [9.17, 15) is 9.59 Å². The molecule has 1 aromatic heterocycles. The SMILES string of the molecule is Cc1cscc1CNC(=O)C1CC(C(=O)O)=NO1. The van der Waals surface area contributed by atoms with E-state index in [-0.39, 0.29) is 18.0 Å². The highest BCUT2D eigenvalue weighted by atomic mass is 32.1. The Morgan fingerprint density at radius 3 is 2.94 bits per heavy atom. The van der Waals surface area contributed by atoms with Gasteiger partial charge in [0.05, 0.1) is 0 Å². The molecule has 0 saturated heterocycles. The van der Waals surface area contributed by atoms with Gasteiger partial charge in [-0.15, -0.1) is 0 Å². The van der Waals surface area contributed by atoms with Gasteiger partial charge in [-0.3, -0.25) is 4.79 Å². The summed E-state index contributed by atoms with van der Waals surface area (Å²) in [5.41, 5.74) is 2.04. The van der Waals surface area contributed by atoms with Gasteiger partial charge in [-0.05, 0) is 28.8 Å². The fourth-order valence-electron chi connectivity index (χ4n) is 1.51. The van der Waals surface area contributed by atoms with Gasteiger partial charge in [0.1, 0.15) is 0 Å². The average Bonchev–Trinajstić information content (AvgIpc) is 2.94. The third-order valence-electron chi connectivity index (χ3n) is 2.62. The smallest absolute Gasteiger partial charge is 0.353 e. The second-order valence-corrected chi connectivity index (χ2v) is 4.68. The highest BCUT2D eigenvalue weighted by Gasteiger charge is 2.31. The van der Waals surface area contributed by atoms with Crippen molar-refractivity contribution < 1.29 is 19.5 Å². The Labute approximate surface area is 107 Å². The van der Waals surface area contributed by atoms with Gasteiger partial charge in [-0.25, -0.2) is 4.79 Å². The molecule has 0 radical (unpaired) electrons. The van der Waals surface area contributed by atoms with Crippen LogP contribution < -0.4 is 5.32 Å². The monoisotopic (exact) mass is 268 g/mol. The molecule has 1 atom stereocenters. The molecular weight excluding hydrogens is 256 g/mol. The molecule has 0 fully saturated rings. The second kappa shape index (κ2) is 5.18. The van der Waals surface area contributed by atoms with Crippen LogP contribution in [0.3, 0.4) is 0 Å². The predicted octanol–water partition coefficient (Wildman–Crippen LogP) is 0.902. The van der Waals surface area contributed by atoms with Crippen LogP contribution in [-0.4, -0.2) is 28.8 Å². The van der Waals surface area contributed by atoms with E-state index in [0.29, 0.717) is 6.54 Å². The lowest BCUT2D eigenvalue weighted by Crippen LogP contribution is -2.34. The number of carboxylic acid groups (broad SMARTS) is 1. The Morgan fingerprint density at radius 2 is 2.39 bits per heavy atom. The lowest BCUT2D eigenvalue weighted by molar-refractivity contribution is -0.131. The van der Waals surface area contributed by atoms with Crippen molar-refractivity contribution in [3.63, 3.8) is 0 Å². The maximum absolute atomic E-state index is 11.7. The second-order valence-electron chi connectivity index (χ2n) is 3.94. The zero-order valence-corrected chi connectivity index (χ0v) is 10.5. The van der Waals surface area contributed by atoms with Crippen LogP contribution in [0.2, 0.25) is 0 Å². The van der Waals surface area contributed by atoms with Crippen LogP contribution >= 0.6 is 11.3 Å². The fraction of sp³-hybridized carbons (Fsp3) is 0.364. The molecule has 1 aromatic rings. The summed E-state index contributed by atoms with van der Waals surface area (Å²) in [7, 11) is 0. The quantitative estimate of drug-likeness (QED) is 0.849. The minimum atomic E-state index is -1.15. The van der Waals surface area contributed by atoms with Crippen molar-refractivity contribution in [1.82, 2.24) is 5.32 Å². The number of hydrogen-bond acceptors (Lipinski definition) is 5. The Kier molecular flexibility index (Phi) is 3.61. The maximum Gasteiger partial charge on any atom is 0.353 e. The summed E-state index contributed by atoms with van der Waals surface area (Å²) >= 11 is 1.57. The lowest BCUT2D eigenvalue weighted by Gasteiger charge is -2.08. The highest BCUT2D eigenvalue weighted by Crippen LogP contribution is 2.14. The Balaban J connectivity index is 1.84. The first-order valence-electron chi connectivity index (χ1n) is 5.33. The zero-order valence-electron chi connectivity index (χ0n) is 9.67. The van der Waals surface area contributed by atoms with Crippen LogP contribution in [0, 0.1) is 6.92 Å². The van der Waals surface area contributed by atoms with Crippen molar-refractivity contribution in [1.29, 1.82) is 0 Å². The molecule has 1 aliphatic heterocycles. The molecule has 96 valence electrons. The van der Waals surface area contributed by atoms with E-state index >= 15 is 0 Å². The maximum atomic E-state index is 11.7. The number of carbonyl (C=O) groups excluding carboxylic acids is 1. The Hall–Kier alpha value is -1.89. The van der Waals surface area contributed by atoms with Gasteiger partial charge >= 0.3 is 5.97 Å². The molecule has 1 amide bonds. The van der Waals surface area contributed by atoms with Crippen LogP contribution in [0.5, 0.6) is 0 Å². The molecule has 0 aromatic carbocycles. The van der Waals surface area contributed by atoms with E-state index in [4.69, 9.17) is 9.94 Å². The molecule has 0 spiro atoms. The largest absolute Gasteiger partial charge is 0.477 e. The summed E-state index contributed by atoms with van der Waals surface area (Å²) in [6, 6.07) is 0. The van der Waals surface area contributed by atoms with Crippen LogP contribution in [0.15, 0.2) is 15.9 Å². The summed E-state index contributed by atoms with van der Waals surface area (Å²) in [5.74, 6) is -1.50. The van der Waals surface area contributed by atoms with E-state index in [2.05, 4.69) is 10.5 Å².